The van der Waals surface area contributed by atoms with Crippen molar-refractivity contribution < 1.29 is 4.74 Å². The second kappa shape index (κ2) is 4.30. The first-order chi connectivity index (χ1) is 8.49. The smallest absolute Gasteiger partial charge is 0.332 e. The Bertz CT molecular complexity index is 709. The summed E-state index contributed by atoms with van der Waals surface area (Å²) >= 11 is 0. The zero-order valence-corrected chi connectivity index (χ0v) is 10.5. The first-order valence-electron chi connectivity index (χ1n) is 5.39. The van der Waals surface area contributed by atoms with Gasteiger partial charge in [-0.3, -0.25) is 13.9 Å². The molecule has 2 rings (SSSR count). The Kier molecular flexibility index (Phi) is 2.95. The molecule has 0 aliphatic heterocycles. The van der Waals surface area contributed by atoms with Crippen molar-refractivity contribution in [2.45, 2.75) is 6.54 Å². The molecule has 0 unspecified atom stereocenters. The molecular formula is C10H15N5O3. The Morgan fingerprint density at radius 2 is 1.94 bits per heavy atom. The van der Waals surface area contributed by atoms with Crippen molar-refractivity contribution in [1.82, 2.24) is 18.7 Å². The van der Waals surface area contributed by atoms with Crippen LogP contribution in [-0.2, 0) is 25.4 Å². The van der Waals surface area contributed by atoms with Crippen molar-refractivity contribution in [3.8, 4) is 0 Å². The zero-order valence-electron chi connectivity index (χ0n) is 10.5. The van der Waals surface area contributed by atoms with Gasteiger partial charge in [-0.2, -0.15) is 4.98 Å². The van der Waals surface area contributed by atoms with Gasteiger partial charge in [0, 0.05) is 21.2 Å². The minimum atomic E-state index is -0.428. The summed E-state index contributed by atoms with van der Waals surface area (Å²) in [7, 11) is 4.60. The lowest BCUT2D eigenvalue weighted by atomic mass is 10.5. The fourth-order valence-corrected chi connectivity index (χ4v) is 1.83. The minimum Gasteiger partial charge on any atom is -0.383 e. The van der Waals surface area contributed by atoms with Crippen LogP contribution in [0.5, 0.6) is 0 Å². The molecule has 2 aromatic rings. The van der Waals surface area contributed by atoms with Gasteiger partial charge in [0.25, 0.3) is 5.56 Å². The van der Waals surface area contributed by atoms with E-state index in [0.717, 1.165) is 4.57 Å². The lowest BCUT2D eigenvalue weighted by Gasteiger charge is -2.08. The molecule has 18 heavy (non-hydrogen) atoms. The Morgan fingerprint density at radius 3 is 2.56 bits per heavy atom. The van der Waals surface area contributed by atoms with Crippen LogP contribution in [0, 0.1) is 0 Å². The summed E-state index contributed by atoms with van der Waals surface area (Å²) in [6, 6.07) is 0. The highest BCUT2D eigenvalue weighted by molar-refractivity contribution is 5.73. The fourth-order valence-electron chi connectivity index (χ4n) is 1.83. The summed E-state index contributed by atoms with van der Waals surface area (Å²) in [6.45, 7) is 0.667. The molecule has 0 saturated carbocycles. The van der Waals surface area contributed by atoms with Gasteiger partial charge >= 0.3 is 5.69 Å². The number of nitrogens with zero attached hydrogens (tertiary/aromatic N) is 4. The maximum atomic E-state index is 12.0. The van der Waals surface area contributed by atoms with E-state index in [-0.39, 0.29) is 5.95 Å². The monoisotopic (exact) mass is 253 g/mol. The molecule has 0 bridgehead atoms. The molecule has 0 aliphatic carbocycles. The summed E-state index contributed by atoms with van der Waals surface area (Å²) in [5, 5.41) is 0. The number of aromatic nitrogens is 4. The number of rotatable bonds is 3. The van der Waals surface area contributed by atoms with Crippen LogP contribution in [0.1, 0.15) is 0 Å². The molecule has 0 spiro atoms. The number of hydrogen-bond acceptors (Lipinski definition) is 5. The topological polar surface area (TPSA) is 97.1 Å². The first-order valence-corrected chi connectivity index (χ1v) is 5.39. The molecule has 2 heterocycles. The molecule has 0 amide bonds. The van der Waals surface area contributed by atoms with Gasteiger partial charge in [-0.05, 0) is 0 Å². The molecule has 0 aliphatic rings. The van der Waals surface area contributed by atoms with E-state index in [2.05, 4.69) is 4.98 Å². The highest BCUT2D eigenvalue weighted by Gasteiger charge is 2.16. The second-order valence-corrected chi connectivity index (χ2v) is 3.99. The van der Waals surface area contributed by atoms with Gasteiger partial charge in [0.1, 0.15) is 0 Å². The third-order valence-corrected chi connectivity index (χ3v) is 2.91. The average Bonchev–Trinajstić information content (AvgIpc) is 2.63. The van der Waals surface area contributed by atoms with Crippen LogP contribution in [-0.4, -0.2) is 32.4 Å². The summed E-state index contributed by atoms with van der Waals surface area (Å²) < 4.78 is 8.84. The zero-order chi connectivity index (χ0) is 13.4. The third kappa shape index (κ3) is 1.61. The van der Waals surface area contributed by atoms with E-state index >= 15 is 0 Å². The predicted octanol–water partition coefficient (Wildman–Crippen LogP) is -1.34. The largest absolute Gasteiger partial charge is 0.383 e. The molecule has 0 aromatic carbocycles. The second-order valence-electron chi connectivity index (χ2n) is 3.99. The number of anilines is 1. The van der Waals surface area contributed by atoms with E-state index in [1.54, 1.807) is 7.05 Å². The highest BCUT2D eigenvalue weighted by atomic mass is 16.5. The van der Waals surface area contributed by atoms with Gasteiger partial charge in [-0.15, -0.1) is 0 Å². The lowest BCUT2D eigenvalue weighted by Crippen LogP contribution is -2.39. The summed E-state index contributed by atoms with van der Waals surface area (Å²) in [5.41, 5.74) is 5.44. The fraction of sp³-hybridized carbons (Fsp3) is 0.500. The summed E-state index contributed by atoms with van der Waals surface area (Å²) in [5.74, 6) is 0.193. The quantitative estimate of drug-likeness (QED) is 0.730. The van der Waals surface area contributed by atoms with Crippen molar-refractivity contribution in [3.63, 3.8) is 0 Å². The van der Waals surface area contributed by atoms with Crippen molar-refractivity contribution >= 4 is 17.1 Å². The number of aryl methyl sites for hydroxylation is 1. The number of ether oxygens (including phenoxy) is 1. The lowest BCUT2D eigenvalue weighted by molar-refractivity contribution is 0.186. The molecule has 98 valence electrons. The Hall–Kier alpha value is -2.09. The van der Waals surface area contributed by atoms with E-state index in [0.29, 0.717) is 24.3 Å². The van der Waals surface area contributed by atoms with Crippen molar-refractivity contribution in [2.24, 2.45) is 14.1 Å². The van der Waals surface area contributed by atoms with E-state index in [1.165, 1.54) is 23.3 Å². The molecular weight excluding hydrogens is 238 g/mol. The van der Waals surface area contributed by atoms with Crippen molar-refractivity contribution in [2.75, 3.05) is 19.5 Å². The first kappa shape index (κ1) is 12.4. The van der Waals surface area contributed by atoms with Gasteiger partial charge in [0.2, 0.25) is 5.95 Å². The third-order valence-electron chi connectivity index (χ3n) is 2.91. The van der Waals surface area contributed by atoms with Crippen LogP contribution in [0.4, 0.5) is 5.95 Å². The van der Waals surface area contributed by atoms with E-state index in [1.807, 2.05) is 0 Å². The predicted molar refractivity (Wildman–Crippen MR) is 66.5 cm³/mol. The van der Waals surface area contributed by atoms with Gasteiger partial charge in [0.05, 0.1) is 13.2 Å². The number of hydrogen-bond donors (Lipinski definition) is 1. The molecule has 0 fully saturated rings. The van der Waals surface area contributed by atoms with Crippen molar-refractivity contribution in [1.29, 1.82) is 0 Å². The number of methoxy groups -OCH3 is 1. The van der Waals surface area contributed by atoms with Gasteiger partial charge in [0.15, 0.2) is 11.2 Å². The van der Waals surface area contributed by atoms with Crippen LogP contribution in [0.2, 0.25) is 0 Å². The number of nitrogens with two attached hydrogens (primary N) is 1. The number of nitrogen functional groups attached to an aromatic ring is 1. The highest BCUT2D eigenvalue weighted by Crippen LogP contribution is 2.10. The van der Waals surface area contributed by atoms with Gasteiger partial charge in [-0.1, -0.05) is 0 Å². The number of fused-ring (bicyclic) bond motifs is 1. The van der Waals surface area contributed by atoms with Crippen LogP contribution >= 0.6 is 0 Å². The van der Waals surface area contributed by atoms with Gasteiger partial charge < -0.3 is 15.0 Å². The van der Waals surface area contributed by atoms with Crippen LogP contribution in [0.15, 0.2) is 9.59 Å². The van der Waals surface area contributed by atoms with E-state index < -0.39 is 11.2 Å². The minimum absolute atomic E-state index is 0.193. The summed E-state index contributed by atoms with van der Waals surface area (Å²) in [6.07, 6.45) is 0. The van der Waals surface area contributed by atoms with Crippen LogP contribution in [0.3, 0.4) is 0 Å². The molecule has 0 saturated heterocycles. The maximum Gasteiger partial charge on any atom is 0.332 e. The molecule has 8 heteroatoms. The summed E-state index contributed by atoms with van der Waals surface area (Å²) in [4.78, 5) is 28.1. The Balaban J connectivity index is 2.88. The standard InChI is InChI=1S/C10H15N5O3/c1-13-6-7(12-9(13)11)15(4-5-18-3)10(17)14(2)8(6)16/h4-5H2,1-3H3,(H2,11,12). The van der Waals surface area contributed by atoms with E-state index in [9.17, 15) is 9.59 Å². The van der Waals surface area contributed by atoms with Crippen LogP contribution in [0.25, 0.3) is 11.2 Å². The Labute approximate surface area is 102 Å². The van der Waals surface area contributed by atoms with Gasteiger partial charge in [-0.25, -0.2) is 4.79 Å². The van der Waals surface area contributed by atoms with Crippen molar-refractivity contribution in [3.05, 3.63) is 20.8 Å². The molecule has 2 aromatic heterocycles. The molecule has 2 N–H and O–H groups in total. The normalized spacial score (nSPS) is 11.3. The Morgan fingerprint density at radius 1 is 1.28 bits per heavy atom. The van der Waals surface area contributed by atoms with Crippen LogP contribution < -0.4 is 17.0 Å². The molecule has 0 atom stereocenters. The SMILES string of the molecule is COCCn1c(=O)n(C)c(=O)c2c1nc(N)n2C. The maximum absolute atomic E-state index is 12.0. The van der Waals surface area contributed by atoms with E-state index in [4.69, 9.17) is 10.5 Å². The average molecular weight is 253 g/mol. The number of imidazole rings is 1. The molecule has 0 radical (unpaired) electrons. The molecule has 8 nitrogen and oxygen atoms in total.